The van der Waals surface area contributed by atoms with Crippen LogP contribution in [0.25, 0.3) is 0 Å². The van der Waals surface area contributed by atoms with Crippen LogP contribution < -0.4 is 5.32 Å². The molecule has 0 aliphatic carbocycles. The Labute approximate surface area is 181 Å². The van der Waals surface area contributed by atoms with Gasteiger partial charge in [-0.3, -0.25) is 4.79 Å². The predicted octanol–water partition coefficient (Wildman–Crippen LogP) is 3.53. The number of aryl methyl sites for hydroxylation is 1. The van der Waals surface area contributed by atoms with Crippen LogP contribution in [0.4, 0.5) is 0 Å². The maximum atomic E-state index is 13.3. The maximum Gasteiger partial charge on any atom is 0.253 e. The molecule has 4 rings (SSSR count). The zero-order chi connectivity index (χ0) is 21.1. The fraction of sp³-hybridized carbons (Fsp3) is 0.261. The minimum atomic E-state index is -3.75. The van der Waals surface area contributed by atoms with Gasteiger partial charge in [0.15, 0.2) is 0 Å². The van der Waals surface area contributed by atoms with Crippen molar-refractivity contribution in [2.24, 2.45) is 0 Å². The van der Waals surface area contributed by atoms with E-state index in [1.807, 2.05) is 55.5 Å². The van der Waals surface area contributed by atoms with Gasteiger partial charge in [0.1, 0.15) is 10.3 Å². The number of thiophene rings is 1. The van der Waals surface area contributed by atoms with Gasteiger partial charge in [-0.25, -0.2) is 8.42 Å². The molecule has 3 aromatic rings. The quantitative estimate of drug-likeness (QED) is 0.638. The molecule has 1 amide bonds. The number of hydrogen-bond donors (Lipinski definition) is 1. The van der Waals surface area contributed by atoms with E-state index in [0.29, 0.717) is 19.4 Å². The van der Waals surface area contributed by atoms with Crippen LogP contribution >= 0.6 is 11.3 Å². The van der Waals surface area contributed by atoms with E-state index in [0.717, 1.165) is 11.1 Å². The number of benzene rings is 2. The average Bonchev–Trinajstić information content (AvgIpc) is 3.30. The second-order valence-electron chi connectivity index (χ2n) is 7.44. The molecule has 0 spiro atoms. The van der Waals surface area contributed by atoms with Gasteiger partial charge in [0, 0.05) is 13.1 Å². The van der Waals surface area contributed by atoms with Crippen LogP contribution in [-0.4, -0.2) is 31.2 Å². The molecule has 156 valence electrons. The summed E-state index contributed by atoms with van der Waals surface area (Å²) in [4.78, 5) is 13.1. The second-order valence-corrected chi connectivity index (χ2v) is 10.5. The Hall–Kier alpha value is -2.48. The summed E-state index contributed by atoms with van der Waals surface area (Å²) < 4.78 is 28.2. The number of nitrogens with one attached hydrogen (secondary N) is 1. The van der Waals surface area contributed by atoms with Gasteiger partial charge in [0.05, 0.1) is 0 Å². The second kappa shape index (κ2) is 8.71. The van der Waals surface area contributed by atoms with E-state index in [-0.39, 0.29) is 16.7 Å². The third kappa shape index (κ3) is 4.19. The van der Waals surface area contributed by atoms with E-state index in [1.54, 1.807) is 17.5 Å². The SMILES string of the molecule is Cc1ccccc1CCNC(=O)C1Cc2ccccc2CN1S(=O)(=O)c1cccs1. The Morgan fingerprint density at radius 1 is 1.07 bits per heavy atom. The summed E-state index contributed by atoms with van der Waals surface area (Å²) in [6.07, 6.45) is 1.08. The van der Waals surface area contributed by atoms with Crippen LogP contribution in [-0.2, 0) is 34.2 Å². The van der Waals surface area contributed by atoms with E-state index >= 15 is 0 Å². The third-order valence-corrected chi connectivity index (χ3v) is 8.75. The molecule has 0 saturated carbocycles. The zero-order valence-corrected chi connectivity index (χ0v) is 18.4. The Kier molecular flexibility index (Phi) is 6.04. The molecule has 30 heavy (non-hydrogen) atoms. The van der Waals surface area contributed by atoms with Gasteiger partial charge in [-0.05, 0) is 53.5 Å². The number of sulfonamides is 1. The number of nitrogens with zero attached hydrogens (tertiary/aromatic N) is 1. The minimum Gasteiger partial charge on any atom is -0.354 e. The van der Waals surface area contributed by atoms with Crippen LogP contribution in [0.5, 0.6) is 0 Å². The molecule has 1 aromatic heterocycles. The first-order valence-corrected chi connectivity index (χ1v) is 12.2. The van der Waals surface area contributed by atoms with Gasteiger partial charge in [-0.2, -0.15) is 4.31 Å². The summed E-state index contributed by atoms with van der Waals surface area (Å²) in [6.45, 7) is 2.71. The van der Waals surface area contributed by atoms with E-state index < -0.39 is 16.1 Å². The smallest absolute Gasteiger partial charge is 0.253 e. The Balaban J connectivity index is 1.55. The lowest BCUT2D eigenvalue weighted by Crippen LogP contribution is -2.52. The minimum absolute atomic E-state index is 0.201. The Bertz CT molecular complexity index is 1140. The summed E-state index contributed by atoms with van der Waals surface area (Å²) in [7, 11) is -3.75. The molecule has 0 radical (unpaired) electrons. The summed E-state index contributed by atoms with van der Waals surface area (Å²) in [5.74, 6) is -0.252. The number of amides is 1. The number of rotatable bonds is 6. The Morgan fingerprint density at radius 3 is 2.53 bits per heavy atom. The Morgan fingerprint density at radius 2 is 1.80 bits per heavy atom. The van der Waals surface area contributed by atoms with E-state index in [4.69, 9.17) is 0 Å². The van der Waals surface area contributed by atoms with Gasteiger partial charge in [-0.15, -0.1) is 11.3 Å². The summed E-state index contributed by atoms with van der Waals surface area (Å²) in [6, 6.07) is 18.3. The van der Waals surface area contributed by atoms with Gasteiger partial charge in [0.25, 0.3) is 10.0 Å². The zero-order valence-electron chi connectivity index (χ0n) is 16.7. The highest BCUT2D eigenvalue weighted by Crippen LogP contribution is 2.30. The van der Waals surface area contributed by atoms with Gasteiger partial charge >= 0.3 is 0 Å². The van der Waals surface area contributed by atoms with Crippen molar-refractivity contribution in [2.45, 2.75) is 36.6 Å². The first-order chi connectivity index (χ1) is 14.5. The maximum absolute atomic E-state index is 13.3. The van der Waals surface area contributed by atoms with Crippen LogP contribution in [0.2, 0.25) is 0 Å². The van der Waals surface area contributed by atoms with Crippen molar-refractivity contribution in [3.05, 3.63) is 88.3 Å². The van der Waals surface area contributed by atoms with E-state index in [1.165, 1.54) is 26.8 Å². The molecule has 2 heterocycles. The molecular weight excluding hydrogens is 416 g/mol. The molecule has 2 aromatic carbocycles. The summed E-state index contributed by atoms with van der Waals surface area (Å²) >= 11 is 1.17. The molecule has 0 fully saturated rings. The van der Waals surface area contributed by atoms with Crippen LogP contribution in [0, 0.1) is 6.92 Å². The van der Waals surface area contributed by atoms with Crippen molar-refractivity contribution >= 4 is 27.3 Å². The lowest BCUT2D eigenvalue weighted by Gasteiger charge is -2.34. The fourth-order valence-corrected chi connectivity index (χ4v) is 6.51. The number of carbonyl (C=O) groups is 1. The van der Waals surface area contributed by atoms with Crippen LogP contribution in [0.1, 0.15) is 22.3 Å². The highest BCUT2D eigenvalue weighted by molar-refractivity contribution is 7.91. The standard InChI is InChI=1S/C23H24N2O3S2/c1-17-7-2-3-8-18(17)12-13-24-23(26)21-15-19-9-4-5-10-20(19)16-25(21)30(27,28)22-11-6-14-29-22/h2-11,14,21H,12-13,15-16H2,1H3,(H,24,26). The molecule has 5 nitrogen and oxygen atoms in total. The predicted molar refractivity (Wildman–Crippen MR) is 119 cm³/mol. The third-order valence-electron chi connectivity index (χ3n) is 5.52. The van der Waals surface area contributed by atoms with Crippen molar-refractivity contribution in [2.75, 3.05) is 6.54 Å². The first-order valence-electron chi connectivity index (χ1n) is 9.91. The molecule has 0 saturated heterocycles. The molecule has 0 bridgehead atoms. The van der Waals surface area contributed by atoms with Crippen LogP contribution in [0.15, 0.2) is 70.3 Å². The van der Waals surface area contributed by atoms with Crippen molar-refractivity contribution in [3.63, 3.8) is 0 Å². The van der Waals surface area contributed by atoms with Crippen molar-refractivity contribution in [3.8, 4) is 0 Å². The monoisotopic (exact) mass is 440 g/mol. The molecular formula is C23H24N2O3S2. The number of carbonyl (C=O) groups excluding carboxylic acids is 1. The van der Waals surface area contributed by atoms with E-state index in [2.05, 4.69) is 5.32 Å². The highest BCUT2D eigenvalue weighted by Gasteiger charge is 2.39. The largest absolute Gasteiger partial charge is 0.354 e. The topological polar surface area (TPSA) is 66.5 Å². The molecule has 1 aliphatic rings. The number of fused-ring (bicyclic) bond motifs is 1. The normalized spacial score (nSPS) is 16.8. The van der Waals surface area contributed by atoms with Gasteiger partial charge in [-0.1, -0.05) is 54.6 Å². The van der Waals surface area contributed by atoms with Crippen molar-refractivity contribution < 1.29 is 13.2 Å². The number of hydrogen-bond acceptors (Lipinski definition) is 4. The van der Waals surface area contributed by atoms with E-state index in [9.17, 15) is 13.2 Å². The molecule has 1 unspecified atom stereocenters. The molecule has 1 atom stereocenters. The van der Waals surface area contributed by atoms with Gasteiger partial charge in [0.2, 0.25) is 5.91 Å². The van der Waals surface area contributed by atoms with Crippen LogP contribution in [0.3, 0.4) is 0 Å². The lowest BCUT2D eigenvalue weighted by atomic mass is 9.95. The summed E-state index contributed by atoms with van der Waals surface area (Å²) in [5, 5.41) is 4.70. The average molecular weight is 441 g/mol. The summed E-state index contributed by atoms with van der Waals surface area (Å²) in [5.41, 5.74) is 4.32. The first kappa shape index (κ1) is 20.8. The highest BCUT2D eigenvalue weighted by atomic mass is 32.2. The molecule has 1 aliphatic heterocycles. The molecule has 1 N–H and O–H groups in total. The van der Waals surface area contributed by atoms with Gasteiger partial charge < -0.3 is 5.32 Å². The van der Waals surface area contributed by atoms with Crippen molar-refractivity contribution in [1.29, 1.82) is 0 Å². The molecule has 7 heteroatoms. The fourth-order valence-electron chi connectivity index (χ4n) is 3.83. The van der Waals surface area contributed by atoms with Crippen molar-refractivity contribution in [1.82, 2.24) is 9.62 Å². The lowest BCUT2D eigenvalue weighted by molar-refractivity contribution is -0.125.